The van der Waals surface area contributed by atoms with Crippen molar-refractivity contribution in [3.8, 4) is 5.75 Å². The van der Waals surface area contributed by atoms with Crippen LogP contribution in [0, 0.1) is 5.21 Å². The predicted octanol–water partition coefficient (Wildman–Crippen LogP) is 2.26. The number of ether oxygens (including phenoxy) is 1. The van der Waals surface area contributed by atoms with Crippen molar-refractivity contribution < 1.29 is 14.3 Å². The Hall–Kier alpha value is -1.92. The summed E-state index contributed by atoms with van der Waals surface area (Å²) in [7, 11) is 0. The highest BCUT2D eigenvalue weighted by Crippen LogP contribution is 2.15. The minimum absolute atomic E-state index is 0.145. The van der Waals surface area contributed by atoms with E-state index in [1.54, 1.807) is 42.5 Å². The summed E-state index contributed by atoms with van der Waals surface area (Å²) in [4.78, 5) is 11.7. The maximum absolute atomic E-state index is 11.7. The molecule has 2 rings (SSSR count). The van der Waals surface area contributed by atoms with E-state index < -0.39 is 0 Å². The smallest absolute Gasteiger partial charge is 0.251 e. The van der Waals surface area contributed by atoms with E-state index in [-0.39, 0.29) is 11.7 Å². The second-order valence-corrected chi connectivity index (χ2v) is 5.74. The van der Waals surface area contributed by atoms with Gasteiger partial charge in [0, 0.05) is 17.2 Å². The number of amides is 1. The van der Waals surface area contributed by atoms with Crippen LogP contribution in [0.1, 0.15) is 0 Å². The molecule has 0 saturated heterocycles. The van der Waals surface area contributed by atoms with Gasteiger partial charge in [0.25, 0.3) is 5.03 Å². The van der Waals surface area contributed by atoms with Crippen molar-refractivity contribution in [2.24, 2.45) is 0 Å². The van der Waals surface area contributed by atoms with Crippen molar-refractivity contribution in [2.75, 3.05) is 18.9 Å². The van der Waals surface area contributed by atoms with Gasteiger partial charge in [0.05, 0.1) is 12.3 Å². The van der Waals surface area contributed by atoms with E-state index in [1.807, 2.05) is 0 Å². The molecule has 1 heterocycles. The summed E-state index contributed by atoms with van der Waals surface area (Å²) in [5.74, 6) is 0.742. The molecule has 116 valence electrons. The van der Waals surface area contributed by atoms with Gasteiger partial charge >= 0.3 is 0 Å². The predicted molar refractivity (Wildman–Crippen MR) is 86.1 cm³/mol. The van der Waals surface area contributed by atoms with Crippen molar-refractivity contribution in [1.29, 1.82) is 0 Å². The van der Waals surface area contributed by atoms with E-state index in [0.29, 0.717) is 28.9 Å². The quantitative estimate of drug-likeness (QED) is 0.364. The van der Waals surface area contributed by atoms with Gasteiger partial charge < -0.3 is 15.3 Å². The molecule has 0 bridgehead atoms. The molecule has 0 spiro atoms. The molecular formula is C15H15ClN2O3S. The zero-order valence-electron chi connectivity index (χ0n) is 11.7. The lowest BCUT2D eigenvalue weighted by Gasteiger charge is -2.07. The third kappa shape index (κ3) is 5.46. The fraction of sp³-hybridized carbons (Fsp3) is 0.200. The van der Waals surface area contributed by atoms with Crippen molar-refractivity contribution in [2.45, 2.75) is 5.03 Å². The van der Waals surface area contributed by atoms with Gasteiger partial charge in [-0.2, -0.15) is 4.73 Å². The fourth-order valence-electron chi connectivity index (χ4n) is 1.61. The van der Waals surface area contributed by atoms with Crippen LogP contribution in [-0.2, 0) is 4.79 Å². The van der Waals surface area contributed by atoms with Crippen LogP contribution in [0.4, 0.5) is 0 Å². The summed E-state index contributed by atoms with van der Waals surface area (Å²) >= 11 is 6.97. The number of benzene rings is 1. The first kappa shape index (κ1) is 16.5. The molecule has 0 aliphatic heterocycles. The Bertz CT molecular complexity index is 622. The standard InChI is InChI=1S/C15H15ClN2O3S/c16-12-4-6-13(7-5-12)21-10-8-17-14(19)11-22-15-3-1-2-9-18(15)20/h1-7,9H,8,10-11H2,(H,17,19). The Balaban J connectivity index is 1.64. The third-order valence-corrected chi connectivity index (χ3v) is 3.92. The maximum Gasteiger partial charge on any atom is 0.251 e. The highest BCUT2D eigenvalue weighted by molar-refractivity contribution is 7.99. The van der Waals surface area contributed by atoms with Gasteiger partial charge in [0.15, 0.2) is 6.20 Å². The normalized spacial score (nSPS) is 10.2. The van der Waals surface area contributed by atoms with E-state index in [0.717, 1.165) is 4.73 Å². The molecule has 0 unspecified atom stereocenters. The van der Waals surface area contributed by atoms with Gasteiger partial charge in [-0.1, -0.05) is 11.6 Å². The van der Waals surface area contributed by atoms with Gasteiger partial charge in [-0.15, -0.1) is 0 Å². The van der Waals surface area contributed by atoms with Crippen molar-refractivity contribution in [3.05, 3.63) is 58.9 Å². The van der Waals surface area contributed by atoms with Gasteiger partial charge in [-0.25, -0.2) is 0 Å². The Morgan fingerprint density at radius 3 is 2.77 bits per heavy atom. The number of aromatic nitrogens is 1. The lowest BCUT2D eigenvalue weighted by Crippen LogP contribution is -2.31. The van der Waals surface area contributed by atoms with Gasteiger partial charge in [-0.3, -0.25) is 4.79 Å². The number of rotatable bonds is 7. The molecule has 1 amide bonds. The van der Waals surface area contributed by atoms with Crippen molar-refractivity contribution >= 4 is 29.3 Å². The van der Waals surface area contributed by atoms with Crippen LogP contribution in [0.5, 0.6) is 5.75 Å². The largest absolute Gasteiger partial charge is 0.618 e. The SMILES string of the molecule is O=C(CSc1cccc[n+]1[O-])NCCOc1ccc(Cl)cc1. The highest BCUT2D eigenvalue weighted by atomic mass is 35.5. The summed E-state index contributed by atoms with van der Waals surface area (Å²) in [6, 6.07) is 12.1. The van der Waals surface area contributed by atoms with E-state index >= 15 is 0 Å². The topological polar surface area (TPSA) is 65.3 Å². The van der Waals surface area contributed by atoms with Crippen LogP contribution < -0.4 is 14.8 Å². The second kappa shape index (κ2) is 8.51. The summed E-state index contributed by atoms with van der Waals surface area (Å²) in [5, 5.41) is 15.3. The molecule has 0 radical (unpaired) electrons. The van der Waals surface area contributed by atoms with Crippen LogP contribution >= 0.6 is 23.4 Å². The van der Waals surface area contributed by atoms with Crippen LogP contribution in [0.15, 0.2) is 53.7 Å². The molecule has 0 atom stereocenters. The number of nitrogens with one attached hydrogen (secondary N) is 1. The summed E-state index contributed by atoms with van der Waals surface area (Å²) < 4.78 is 6.20. The van der Waals surface area contributed by atoms with E-state index in [9.17, 15) is 10.0 Å². The average Bonchev–Trinajstić information content (AvgIpc) is 2.52. The molecule has 0 aliphatic rings. The van der Waals surface area contributed by atoms with Gasteiger partial charge in [0.1, 0.15) is 12.4 Å². The highest BCUT2D eigenvalue weighted by Gasteiger charge is 2.08. The number of nitrogens with zero attached hydrogens (tertiary/aromatic N) is 1. The van der Waals surface area contributed by atoms with Crippen molar-refractivity contribution in [3.63, 3.8) is 0 Å². The number of thioether (sulfide) groups is 1. The Labute approximate surface area is 137 Å². The molecular weight excluding hydrogens is 324 g/mol. The van der Waals surface area contributed by atoms with Crippen LogP contribution in [0.25, 0.3) is 0 Å². The number of carbonyl (C=O) groups excluding carboxylic acids is 1. The number of hydrogen-bond acceptors (Lipinski definition) is 4. The van der Waals surface area contributed by atoms with Gasteiger partial charge in [0.2, 0.25) is 5.91 Å². The lowest BCUT2D eigenvalue weighted by atomic mass is 10.3. The summed E-state index contributed by atoms with van der Waals surface area (Å²) in [6.45, 7) is 0.763. The molecule has 7 heteroatoms. The zero-order valence-corrected chi connectivity index (χ0v) is 13.3. The first-order valence-electron chi connectivity index (χ1n) is 6.61. The first-order valence-corrected chi connectivity index (χ1v) is 7.97. The number of pyridine rings is 1. The number of halogens is 1. The van der Waals surface area contributed by atoms with Crippen LogP contribution in [-0.4, -0.2) is 24.8 Å². The van der Waals surface area contributed by atoms with Crippen molar-refractivity contribution in [1.82, 2.24) is 5.32 Å². The summed E-state index contributed by atoms with van der Waals surface area (Å²) in [5.41, 5.74) is 0. The molecule has 0 aliphatic carbocycles. The first-order chi connectivity index (χ1) is 10.6. The molecule has 22 heavy (non-hydrogen) atoms. The molecule has 1 N–H and O–H groups in total. The lowest BCUT2D eigenvalue weighted by molar-refractivity contribution is -0.645. The van der Waals surface area contributed by atoms with Gasteiger partial charge in [-0.05, 0) is 42.1 Å². The van der Waals surface area contributed by atoms with Crippen LogP contribution in [0.2, 0.25) is 5.02 Å². The average molecular weight is 339 g/mol. The molecule has 0 fully saturated rings. The molecule has 0 saturated carbocycles. The fourth-order valence-corrected chi connectivity index (χ4v) is 2.47. The second-order valence-electron chi connectivity index (χ2n) is 4.31. The zero-order chi connectivity index (χ0) is 15.8. The Kier molecular flexibility index (Phi) is 6.36. The third-order valence-electron chi connectivity index (χ3n) is 2.65. The maximum atomic E-state index is 11.7. The Morgan fingerprint density at radius 1 is 1.27 bits per heavy atom. The minimum atomic E-state index is -0.145. The molecule has 2 aromatic rings. The number of carbonyl (C=O) groups is 1. The van der Waals surface area contributed by atoms with E-state index in [4.69, 9.17) is 16.3 Å². The van der Waals surface area contributed by atoms with E-state index in [2.05, 4.69) is 5.32 Å². The molecule has 5 nitrogen and oxygen atoms in total. The van der Waals surface area contributed by atoms with E-state index in [1.165, 1.54) is 18.0 Å². The molecule has 1 aromatic carbocycles. The minimum Gasteiger partial charge on any atom is -0.618 e. The number of hydrogen-bond donors (Lipinski definition) is 1. The monoisotopic (exact) mass is 338 g/mol. The summed E-state index contributed by atoms with van der Waals surface area (Å²) in [6.07, 6.45) is 1.40. The Morgan fingerprint density at radius 2 is 2.05 bits per heavy atom. The van der Waals surface area contributed by atoms with Crippen LogP contribution in [0.3, 0.4) is 0 Å². The molecule has 1 aromatic heterocycles.